The SMILES string of the molecule is Nc1ccccc1NC1(Cc2ccccc2)C=CC(C(F)(F)F)=CC1. The number of nitrogens with one attached hydrogen (secondary N) is 1. The van der Waals surface area contributed by atoms with Crippen molar-refractivity contribution < 1.29 is 13.2 Å². The highest BCUT2D eigenvalue weighted by molar-refractivity contribution is 5.67. The third kappa shape index (κ3) is 4.05. The molecule has 0 spiro atoms. The van der Waals surface area contributed by atoms with Crippen LogP contribution in [0.15, 0.2) is 78.4 Å². The lowest BCUT2D eigenvalue weighted by molar-refractivity contribution is -0.0887. The van der Waals surface area contributed by atoms with E-state index in [4.69, 9.17) is 5.73 Å². The molecule has 1 unspecified atom stereocenters. The maximum absolute atomic E-state index is 13.0. The van der Waals surface area contributed by atoms with Crippen molar-refractivity contribution in [2.75, 3.05) is 11.1 Å². The zero-order chi connectivity index (χ0) is 17.9. The standard InChI is InChI=1S/C20H19F3N2/c21-20(22,23)16-10-12-19(13-11-16,14-15-6-2-1-3-7-15)25-18-9-5-4-8-17(18)24/h1-12,25H,13-14,24H2. The second kappa shape index (κ2) is 6.67. The minimum absolute atomic E-state index is 0.224. The first-order chi connectivity index (χ1) is 11.9. The Morgan fingerprint density at radius 1 is 1.00 bits per heavy atom. The van der Waals surface area contributed by atoms with Gasteiger partial charge in [-0.05, 0) is 30.5 Å². The molecule has 25 heavy (non-hydrogen) atoms. The number of nitrogen functional groups attached to an aromatic ring is 1. The number of nitrogens with two attached hydrogens (primary N) is 1. The van der Waals surface area contributed by atoms with Gasteiger partial charge in [0, 0.05) is 0 Å². The zero-order valence-electron chi connectivity index (χ0n) is 13.6. The van der Waals surface area contributed by atoms with Gasteiger partial charge >= 0.3 is 6.18 Å². The molecule has 5 heteroatoms. The maximum Gasteiger partial charge on any atom is 0.416 e. The molecule has 130 valence electrons. The van der Waals surface area contributed by atoms with Crippen molar-refractivity contribution >= 4 is 11.4 Å². The zero-order valence-corrected chi connectivity index (χ0v) is 13.6. The van der Waals surface area contributed by atoms with E-state index in [-0.39, 0.29) is 6.42 Å². The monoisotopic (exact) mass is 344 g/mol. The van der Waals surface area contributed by atoms with Crippen molar-refractivity contribution in [3.05, 3.63) is 84.0 Å². The van der Waals surface area contributed by atoms with Gasteiger partial charge < -0.3 is 11.1 Å². The maximum atomic E-state index is 13.0. The summed E-state index contributed by atoms with van der Waals surface area (Å²) in [5.74, 6) is 0. The van der Waals surface area contributed by atoms with Crippen molar-refractivity contribution in [3.63, 3.8) is 0 Å². The lowest BCUT2D eigenvalue weighted by atomic mass is 9.82. The third-order valence-corrected chi connectivity index (χ3v) is 4.30. The number of allylic oxidation sites excluding steroid dienone is 2. The van der Waals surface area contributed by atoms with Crippen LogP contribution in [0.2, 0.25) is 0 Å². The topological polar surface area (TPSA) is 38.0 Å². The second-order valence-electron chi connectivity index (χ2n) is 6.23. The summed E-state index contributed by atoms with van der Waals surface area (Å²) in [4.78, 5) is 0. The average molecular weight is 344 g/mol. The van der Waals surface area contributed by atoms with Crippen LogP contribution in [0.25, 0.3) is 0 Å². The molecule has 0 radical (unpaired) electrons. The molecule has 1 aliphatic carbocycles. The normalized spacial score (nSPS) is 20.2. The summed E-state index contributed by atoms with van der Waals surface area (Å²) in [5, 5.41) is 3.36. The Bertz CT molecular complexity index is 794. The third-order valence-electron chi connectivity index (χ3n) is 4.30. The molecular weight excluding hydrogens is 325 g/mol. The number of hydrogen-bond acceptors (Lipinski definition) is 2. The summed E-state index contributed by atoms with van der Waals surface area (Å²) in [6, 6.07) is 17.0. The number of benzene rings is 2. The predicted octanol–water partition coefficient (Wildman–Crippen LogP) is 5.11. The Balaban J connectivity index is 1.92. The minimum atomic E-state index is -4.33. The number of hydrogen-bond donors (Lipinski definition) is 2. The number of alkyl halides is 3. The van der Waals surface area contributed by atoms with Crippen molar-refractivity contribution in [1.29, 1.82) is 0 Å². The molecule has 0 bridgehead atoms. The largest absolute Gasteiger partial charge is 0.416 e. The Labute approximate surface area is 144 Å². The second-order valence-corrected chi connectivity index (χ2v) is 6.23. The van der Waals surface area contributed by atoms with Crippen LogP contribution in [0.3, 0.4) is 0 Å². The quantitative estimate of drug-likeness (QED) is 0.756. The van der Waals surface area contributed by atoms with Crippen molar-refractivity contribution in [2.24, 2.45) is 0 Å². The fraction of sp³-hybridized carbons (Fsp3) is 0.200. The predicted molar refractivity (Wildman–Crippen MR) is 95.2 cm³/mol. The summed E-state index contributed by atoms with van der Waals surface area (Å²) in [7, 11) is 0. The highest BCUT2D eigenvalue weighted by Crippen LogP contribution is 2.36. The van der Waals surface area contributed by atoms with Crippen LogP contribution in [0.5, 0.6) is 0 Å². The van der Waals surface area contributed by atoms with Crippen LogP contribution in [0.4, 0.5) is 24.5 Å². The first-order valence-electron chi connectivity index (χ1n) is 8.01. The number of rotatable bonds is 4. The van der Waals surface area contributed by atoms with E-state index in [0.717, 1.165) is 11.6 Å². The lowest BCUT2D eigenvalue weighted by Crippen LogP contribution is -2.40. The molecule has 0 amide bonds. The van der Waals surface area contributed by atoms with Gasteiger partial charge in [0.05, 0.1) is 22.5 Å². The van der Waals surface area contributed by atoms with E-state index in [2.05, 4.69) is 5.32 Å². The van der Waals surface area contributed by atoms with E-state index in [0.29, 0.717) is 17.8 Å². The Morgan fingerprint density at radius 3 is 2.28 bits per heavy atom. The molecule has 1 atom stereocenters. The van der Waals surface area contributed by atoms with Gasteiger partial charge in [-0.15, -0.1) is 0 Å². The smallest absolute Gasteiger partial charge is 0.397 e. The Hall–Kier alpha value is -2.69. The van der Waals surface area contributed by atoms with Crippen molar-refractivity contribution in [1.82, 2.24) is 0 Å². The van der Waals surface area contributed by atoms with Gasteiger partial charge in [-0.2, -0.15) is 13.2 Å². The molecule has 3 N–H and O–H groups in total. The molecule has 0 aliphatic heterocycles. The van der Waals surface area contributed by atoms with Crippen LogP contribution in [-0.2, 0) is 6.42 Å². The molecule has 0 saturated carbocycles. The summed E-state index contributed by atoms with van der Waals surface area (Å²) in [6.45, 7) is 0. The summed E-state index contributed by atoms with van der Waals surface area (Å²) in [5.41, 5.74) is 7.05. The summed E-state index contributed by atoms with van der Waals surface area (Å²) < 4.78 is 38.9. The van der Waals surface area contributed by atoms with Gasteiger partial charge in [0.15, 0.2) is 0 Å². The van der Waals surface area contributed by atoms with Crippen LogP contribution >= 0.6 is 0 Å². The van der Waals surface area contributed by atoms with E-state index in [1.165, 1.54) is 6.08 Å². The first kappa shape index (κ1) is 17.1. The number of para-hydroxylation sites is 2. The van der Waals surface area contributed by atoms with Crippen LogP contribution in [0.1, 0.15) is 12.0 Å². The molecule has 3 rings (SSSR count). The molecule has 0 aromatic heterocycles. The molecule has 2 aromatic carbocycles. The summed E-state index contributed by atoms with van der Waals surface area (Å²) >= 11 is 0. The Kier molecular flexibility index (Phi) is 4.57. The van der Waals surface area contributed by atoms with Crippen LogP contribution in [-0.4, -0.2) is 11.7 Å². The van der Waals surface area contributed by atoms with Gasteiger partial charge in [0.2, 0.25) is 0 Å². The fourth-order valence-electron chi connectivity index (χ4n) is 2.99. The van der Waals surface area contributed by atoms with Crippen LogP contribution in [0, 0.1) is 0 Å². The van der Waals surface area contributed by atoms with Crippen molar-refractivity contribution in [2.45, 2.75) is 24.6 Å². The highest BCUT2D eigenvalue weighted by Gasteiger charge is 2.37. The molecule has 2 aromatic rings. The van der Waals surface area contributed by atoms with E-state index in [1.54, 1.807) is 12.1 Å². The number of halogens is 3. The molecule has 2 nitrogen and oxygen atoms in total. The van der Waals surface area contributed by atoms with Gasteiger partial charge in [-0.25, -0.2) is 0 Å². The molecule has 0 saturated heterocycles. The summed E-state index contributed by atoms with van der Waals surface area (Å²) in [6.07, 6.45) is 0.450. The Morgan fingerprint density at radius 2 is 1.68 bits per heavy atom. The molecule has 0 fully saturated rings. The van der Waals surface area contributed by atoms with E-state index in [1.807, 2.05) is 48.5 Å². The van der Waals surface area contributed by atoms with Gasteiger partial charge in [0.25, 0.3) is 0 Å². The van der Waals surface area contributed by atoms with Gasteiger partial charge in [-0.1, -0.05) is 60.7 Å². The van der Waals surface area contributed by atoms with Crippen LogP contribution < -0.4 is 11.1 Å². The average Bonchev–Trinajstić information content (AvgIpc) is 2.57. The molecule has 0 heterocycles. The van der Waals surface area contributed by atoms with Crippen molar-refractivity contribution in [3.8, 4) is 0 Å². The van der Waals surface area contributed by atoms with E-state index >= 15 is 0 Å². The van der Waals surface area contributed by atoms with Gasteiger partial charge in [0.1, 0.15) is 0 Å². The molecule has 1 aliphatic rings. The van der Waals surface area contributed by atoms with E-state index < -0.39 is 17.3 Å². The van der Waals surface area contributed by atoms with Gasteiger partial charge in [-0.3, -0.25) is 0 Å². The van der Waals surface area contributed by atoms with E-state index in [9.17, 15) is 13.2 Å². The fourth-order valence-corrected chi connectivity index (χ4v) is 2.99. The lowest BCUT2D eigenvalue weighted by Gasteiger charge is -2.35. The number of anilines is 2. The first-order valence-corrected chi connectivity index (χ1v) is 8.01. The molecular formula is C20H19F3N2. The highest BCUT2D eigenvalue weighted by atomic mass is 19.4. The minimum Gasteiger partial charge on any atom is -0.397 e.